The molecule has 0 radical (unpaired) electrons. The number of phenols is 1. The normalized spacial score (nSPS) is 10.6. The maximum absolute atomic E-state index is 11.0. The van der Waals surface area contributed by atoms with Crippen molar-refractivity contribution in [2.24, 2.45) is 5.10 Å². The summed E-state index contributed by atoms with van der Waals surface area (Å²) in [5.74, 6) is 0.525. The van der Waals surface area contributed by atoms with E-state index in [4.69, 9.17) is 4.74 Å². The van der Waals surface area contributed by atoms with Crippen molar-refractivity contribution in [3.8, 4) is 11.5 Å². The summed E-state index contributed by atoms with van der Waals surface area (Å²) >= 11 is 0. The molecule has 8 heteroatoms. The van der Waals surface area contributed by atoms with Gasteiger partial charge in [-0.1, -0.05) is 0 Å². The highest BCUT2D eigenvalue weighted by molar-refractivity contribution is 5.81. The molecule has 3 N–H and O–H groups in total. The number of hydrazone groups is 1. The van der Waals surface area contributed by atoms with E-state index in [0.29, 0.717) is 11.3 Å². The summed E-state index contributed by atoms with van der Waals surface area (Å²) in [5, 5.41) is 20.4. The molecule has 0 unspecified atom stereocenters. The van der Waals surface area contributed by atoms with Gasteiger partial charge < -0.3 is 9.84 Å². The van der Waals surface area contributed by atoms with Crippen molar-refractivity contribution in [2.45, 2.75) is 0 Å². The minimum Gasteiger partial charge on any atom is -0.504 e. The minimum atomic E-state index is -0.376. The van der Waals surface area contributed by atoms with Crippen LogP contribution in [0.4, 0.5) is 5.95 Å². The number of rotatable bonds is 4. The first-order chi connectivity index (χ1) is 9.19. The first kappa shape index (κ1) is 12.6. The number of H-pyrrole nitrogens is 1. The highest BCUT2D eigenvalue weighted by atomic mass is 16.5. The second kappa shape index (κ2) is 5.63. The standard InChI is InChI=1S/C11H11N5O3/c1-19-9-4-7(2-3-8(9)17)5-12-15-11-14-10(18)6-13-16-11/h2-6,17H,1H3,(H2,14,15,16,18)/b12-5+. The number of ether oxygens (including phenoxy) is 1. The topological polar surface area (TPSA) is 112 Å². The molecule has 0 saturated carbocycles. The van der Waals surface area contributed by atoms with E-state index < -0.39 is 0 Å². The van der Waals surface area contributed by atoms with Crippen LogP contribution < -0.4 is 15.7 Å². The van der Waals surface area contributed by atoms with Gasteiger partial charge in [0.2, 0.25) is 5.95 Å². The second-order valence-electron chi connectivity index (χ2n) is 3.48. The van der Waals surface area contributed by atoms with Gasteiger partial charge in [0.15, 0.2) is 11.5 Å². The SMILES string of the molecule is COc1cc(/C=N/Nc2nncc(=O)[nH]2)ccc1O. The number of anilines is 1. The van der Waals surface area contributed by atoms with Crippen molar-refractivity contribution >= 4 is 12.2 Å². The van der Waals surface area contributed by atoms with E-state index >= 15 is 0 Å². The van der Waals surface area contributed by atoms with E-state index in [1.54, 1.807) is 12.1 Å². The Morgan fingerprint density at radius 1 is 1.53 bits per heavy atom. The van der Waals surface area contributed by atoms with Gasteiger partial charge in [0.1, 0.15) is 6.20 Å². The third kappa shape index (κ3) is 3.28. The van der Waals surface area contributed by atoms with E-state index in [9.17, 15) is 9.90 Å². The lowest BCUT2D eigenvalue weighted by Gasteiger charge is -2.03. The van der Waals surface area contributed by atoms with Crippen molar-refractivity contribution in [3.05, 3.63) is 40.3 Å². The Labute approximate surface area is 107 Å². The van der Waals surface area contributed by atoms with Crippen LogP contribution in [-0.4, -0.2) is 33.6 Å². The van der Waals surface area contributed by atoms with Crippen LogP contribution in [-0.2, 0) is 0 Å². The van der Waals surface area contributed by atoms with Gasteiger partial charge >= 0.3 is 0 Å². The van der Waals surface area contributed by atoms with E-state index in [2.05, 4.69) is 25.7 Å². The smallest absolute Gasteiger partial charge is 0.271 e. The first-order valence-electron chi connectivity index (χ1n) is 5.27. The van der Waals surface area contributed by atoms with Gasteiger partial charge in [0.05, 0.1) is 13.3 Å². The van der Waals surface area contributed by atoms with E-state index in [-0.39, 0.29) is 17.3 Å². The fourth-order valence-electron chi connectivity index (χ4n) is 1.31. The molecule has 2 aromatic rings. The zero-order chi connectivity index (χ0) is 13.7. The van der Waals surface area contributed by atoms with Gasteiger partial charge in [-0.05, 0) is 23.8 Å². The summed E-state index contributed by atoms with van der Waals surface area (Å²) in [6.07, 6.45) is 2.54. The second-order valence-corrected chi connectivity index (χ2v) is 3.48. The molecule has 1 aromatic heterocycles. The monoisotopic (exact) mass is 261 g/mol. The zero-order valence-corrected chi connectivity index (χ0v) is 9.99. The van der Waals surface area contributed by atoms with Gasteiger partial charge in [-0.25, -0.2) is 5.43 Å². The number of aromatic nitrogens is 3. The molecular formula is C11H11N5O3. The van der Waals surface area contributed by atoms with Gasteiger partial charge in [0, 0.05) is 0 Å². The average Bonchev–Trinajstić information content (AvgIpc) is 2.41. The summed E-state index contributed by atoms with van der Waals surface area (Å²) in [4.78, 5) is 13.4. The number of benzene rings is 1. The van der Waals surface area contributed by atoms with Crippen LogP contribution in [0, 0.1) is 0 Å². The summed E-state index contributed by atoms with van der Waals surface area (Å²) in [6, 6.07) is 4.76. The highest BCUT2D eigenvalue weighted by Gasteiger charge is 2.00. The summed E-state index contributed by atoms with van der Waals surface area (Å²) in [7, 11) is 1.46. The minimum absolute atomic E-state index is 0.0471. The number of methoxy groups -OCH3 is 1. The molecule has 1 heterocycles. The lowest BCUT2D eigenvalue weighted by atomic mass is 10.2. The molecule has 0 aliphatic heterocycles. The van der Waals surface area contributed by atoms with E-state index in [0.717, 1.165) is 6.20 Å². The van der Waals surface area contributed by atoms with Crippen LogP contribution in [0.3, 0.4) is 0 Å². The maximum Gasteiger partial charge on any atom is 0.271 e. The predicted molar refractivity (Wildman–Crippen MR) is 68.5 cm³/mol. The van der Waals surface area contributed by atoms with Gasteiger partial charge in [-0.3, -0.25) is 9.78 Å². The molecule has 1 aromatic carbocycles. The molecule has 8 nitrogen and oxygen atoms in total. The number of hydrogen-bond acceptors (Lipinski definition) is 7. The maximum atomic E-state index is 11.0. The molecule has 19 heavy (non-hydrogen) atoms. The molecule has 2 rings (SSSR count). The highest BCUT2D eigenvalue weighted by Crippen LogP contribution is 2.25. The Hall–Kier alpha value is -2.90. The van der Waals surface area contributed by atoms with Crippen molar-refractivity contribution in [2.75, 3.05) is 12.5 Å². The molecular weight excluding hydrogens is 250 g/mol. The van der Waals surface area contributed by atoms with Crippen molar-refractivity contribution in [1.82, 2.24) is 15.2 Å². The van der Waals surface area contributed by atoms with E-state index in [1.807, 2.05) is 0 Å². The van der Waals surface area contributed by atoms with Gasteiger partial charge in [-0.2, -0.15) is 5.10 Å². The molecule has 0 amide bonds. The molecule has 0 aliphatic rings. The van der Waals surface area contributed by atoms with Crippen LogP contribution in [0.25, 0.3) is 0 Å². The summed E-state index contributed by atoms with van der Waals surface area (Å²) < 4.78 is 4.96. The largest absolute Gasteiger partial charge is 0.504 e. The summed E-state index contributed by atoms with van der Waals surface area (Å²) in [5.41, 5.74) is 2.85. The Kier molecular flexibility index (Phi) is 3.72. The van der Waals surface area contributed by atoms with Crippen LogP contribution in [0.2, 0.25) is 0 Å². The molecule has 0 bridgehead atoms. The third-order valence-corrected chi connectivity index (χ3v) is 2.16. The Morgan fingerprint density at radius 2 is 2.37 bits per heavy atom. The van der Waals surface area contributed by atoms with E-state index in [1.165, 1.54) is 19.4 Å². The fourth-order valence-corrected chi connectivity index (χ4v) is 1.31. The number of nitrogens with one attached hydrogen (secondary N) is 2. The predicted octanol–water partition coefficient (Wildman–Crippen LogP) is 0.325. The Balaban J connectivity index is 2.09. The lowest BCUT2D eigenvalue weighted by Crippen LogP contribution is -2.10. The Morgan fingerprint density at radius 3 is 3.11 bits per heavy atom. The van der Waals surface area contributed by atoms with Crippen LogP contribution in [0.1, 0.15) is 5.56 Å². The molecule has 98 valence electrons. The average molecular weight is 261 g/mol. The molecule has 0 spiro atoms. The lowest BCUT2D eigenvalue weighted by molar-refractivity contribution is 0.373. The molecule has 0 aliphatic carbocycles. The number of aromatic amines is 1. The number of hydrogen-bond donors (Lipinski definition) is 3. The molecule has 0 fully saturated rings. The number of aromatic hydroxyl groups is 1. The van der Waals surface area contributed by atoms with Crippen LogP contribution in [0.5, 0.6) is 11.5 Å². The molecule has 0 saturated heterocycles. The van der Waals surface area contributed by atoms with Crippen molar-refractivity contribution < 1.29 is 9.84 Å². The van der Waals surface area contributed by atoms with Crippen LogP contribution >= 0.6 is 0 Å². The Bertz CT molecular complexity index is 653. The zero-order valence-electron chi connectivity index (χ0n) is 9.99. The molecule has 0 atom stereocenters. The fraction of sp³-hybridized carbons (Fsp3) is 0.0909. The summed E-state index contributed by atoms with van der Waals surface area (Å²) in [6.45, 7) is 0. The first-order valence-corrected chi connectivity index (χ1v) is 5.27. The number of nitrogens with zero attached hydrogens (tertiary/aromatic N) is 3. The van der Waals surface area contributed by atoms with Crippen molar-refractivity contribution in [1.29, 1.82) is 0 Å². The van der Waals surface area contributed by atoms with Gasteiger partial charge in [0.25, 0.3) is 5.56 Å². The quantitative estimate of drug-likeness (QED) is 0.540. The van der Waals surface area contributed by atoms with Crippen LogP contribution in [0.15, 0.2) is 34.3 Å². The van der Waals surface area contributed by atoms with Crippen molar-refractivity contribution in [3.63, 3.8) is 0 Å². The van der Waals surface area contributed by atoms with Gasteiger partial charge in [-0.15, -0.1) is 10.2 Å². The number of phenolic OH excluding ortho intramolecular Hbond substituents is 1. The third-order valence-electron chi connectivity index (χ3n) is 2.16.